The van der Waals surface area contributed by atoms with E-state index in [0.717, 1.165) is 43.7 Å². The highest BCUT2D eigenvalue weighted by Crippen LogP contribution is 2.30. The van der Waals surface area contributed by atoms with E-state index in [0.29, 0.717) is 36.0 Å². The number of fused-ring (bicyclic) bond motifs is 1. The number of likely N-dealkylation sites (N-methyl/N-ethyl adjacent to an activating group) is 1. The van der Waals surface area contributed by atoms with Crippen LogP contribution in [0.3, 0.4) is 0 Å². The molecular weight excluding hydrogens is 456 g/mol. The zero-order valence-corrected chi connectivity index (χ0v) is 21.4. The highest BCUT2D eigenvalue weighted by Gasteiger charge is 2.34. The molecule has 0 bridgehead atoms. The van der Waals surface area contributed by atoms with E-state index in [1.165, 1.54) is 0 Å². The van der Waals surface area contributed by atoms with Crippen LogP contribution in [0.4, 0.5) is 0 Å². The maximum Gasteiger partial charge on any atom is 0.259 e. The molecule has 0 saturated carbocycles. The summed E-state index contributed by atoms with van der Waals surface area (Å²) >= 11 is 0. The minimum atomic E-state index is -0.329. The van der Waals surface area contributed by atoms with Crippen LogP contribution in [-0.2, 0) is 4.74 Å². The molecule has 3 atom stereocenters. The van der Waals surface area contributed by atoms with Crippen LogP contribution in [0.15, 0.2) is 36.5 Å². The fraction of sp³-hybridized carbons (Fsp3) is 0.536. The van der Waals surface area contributed by atoms with Crippen molar-refractivity contribution in [1.29, 1.82) is 5.26 Å². The molecule has 36 heavy (non-hydrogen) atoms. The van der Waals surface area contributed by atoms with Gasteiger partial charge in [-0.2, -0.15) is 5.26 Å². The van der Waals surface area contributed by atoms with Gasteiger partial charge in [0.2, 0.25) is 5.88 Å². The Morgan fingerprint density at radius 1 is 1.22 bits per heavy atom. The van der Waals surface area contributed by atoms with Crippen molar-refractivity contribution in [3.8, 4) is 23.1 Å². The first-order valence-electron chi connectivity index (χ1n) is 12.7. The van der Waals surface area contributed by atoms with Crippen molar-refractivity contribution in [3.63, 3.8) is 0 Å². The van der Waals surface area contributed by atoms with Gasteiger partial charge >= 0.3 is 0 Å². The summed E-state index contributed by atoms with van der Waals surface area (Å²) in [5.41, 5.74) is 2.60. The van der Waals surface area contributed by atoms with Crippen molar-refractivity contribution >= 4 is 5.91 Å². The van der Waals surface area contributed by atoms with Gasteiger partial charge in [0.25, 0.3) is 5.91 Å². The second kappa shape index (κ2) is 11.8. The van der Waals surface area contributed by atoms with Gasteiger partial charge in [-0.05, 0) is 56.5 Å². The predicted molar refractivity (Wildman–Crippen MR) is 137 cm³/mol. The Bertz CT molecular complexity index is 1080. The molecule has 8 nitrogen and oxygen atoms in total. The lowest BCUT2D eigenvalue weighted by molar-refractivity contribution is 0.0254. The highest BCUT2D eigenvalue weighted by atomic mass is 16.5. The van der Waals surface area contributed by atoms with Gasteiger partial charge in [-0.15, -0.1) is 0 Å². The number of nitriles is 1. The molecular formula is C28H36N4O4. The smallest absolute Gasteiger partial charge is 0.259 e. The molecule has 0 unspecified atom stereocenters. The molecule has 2 aliphatic rings. The molecule has 1 saturated heterocycles. The van der Waals surface area contributed by atoms with Crippen molar-refractivity contribution in [2.75, 3.05) is 46.5 Å². The molecule has 1 amide bonds. The first-order valence-corrected chi connectivity index (χ1v) is 12.7. The van der Waals surface area contributed by atoms with Crippen molar-refractivity contribution < 1.29 is 19.4 Å². The average molecular weight is 493 g/mol. The minimum Gasteiger partial charge on any atom is -0.472 e. The van der Waals surface area contributed by atoms with Gasteiger partial charge in [0.15, 0.2) is 0 Å². The lowest BCUT2D eigenvalue weighted by Gasteiger charge is -2.38. The fourth-order valence-corrected chi connectivity index (χ4v) is 4.97. The molecule has 8 heteroatoms. The van der Waals surface area contributed by atoms with Crippen LogP contribution in [0.5, 0.6) is 5.88 Å². The maximum atomic E-state index is 13.6. The predicted octanol–water partition coefficient (Wildman–Crippen LogP) is 3.20. The van der Waals surface area contributed by atoms with Gasteiger partial charge in [0, 0.05) is 50.5 Å². The molecule has 0 radical (unpaired) electrons. The van der Waals surface area contributed by atoms with E-state index in [2.05, 4.69) is 29.9 Å². The Morgan fingerprint density at radius 2 is 1.94 bits per heavy atom. The zero-order valence-electron chi connectivity index (χ0n) is 21.4. The fourth-order valence-electron chi connectivity index (χ4n) is 4.97. The van der Waals surface area contributed by atoms with E-state index >= 15 is 0 Å². The Hall–Kier alpha value is -2.99. The standard InChI is InChI=1S/C28H36N4O4/c1-19-15-32(20(2)18-33)28(34)25-12-24(23-6-4-21(13-29)5-7-23)14-30-27(25)36-26(19)17-31(3)16-22-8-10-35-11-9-22/h4-7,12,14,19-20,22,26,33H,8-11,15-18H2,1-3H3/t19-,20+,26-/m1/s1. The summed E-state index contributed by atoms with van der Waals surface area (Å²) in [6.45, 7) is 7.65. The normalized spacial score (nSPS) is 21.8. The van der Waals surface area contributed by atoms with Gasteiger partial charge in [0.1, 0.15) is 11.7 Å². The van der Waals surface area contributed by atoms with Crippen LogP contribution >= 0.6 is 0 Å². The van der Waals surface area contributed by atoms with Crippen LogP contribution < -0.4 is 4.74 Å². The lowest BCUT2D eigenvalue weighted by atomic mass is 9.97. The molecule has 192 valence electrons. The number of carbonyl (C=O) groups is 1. The number of nitrogens with zero attached hydrogens (tertiary/aromatic N) is 4. The number of rotatable bonds is 7. The van der Waals surface area contributed by atoms with Gasteiger partial charge in [-0.3, -0.25) is 4.79 Å². The second-order valence-electron chi connectivity index (χ2n) is 10.2. The van der Waals surface area contributed by atoms with Crippen LogP contribution in [0, 0.1) is 23.2 Å². The molecule has 0 aliphatic carbocycles. The number of amides is 1. The lowest BCUT2D eigenvalue weighted by Crippen LogP contribution is -2.50. The zero-order chi connectivity index (χ0) is 25.7. The van der Waals surface area contributed by atoms with E-state index in [-0.39, 0.29) is 30.6 Å². The van der Waals surface area contributed by atoms with Crippen molar-refractivity contribution in [2.24, 2.45) is 11.8 Å². The molecule has 4 rings (SSSR count). The monoisotopic (exact) mass is 492 g/mol. The average Bonchev–Trinajstić information content (AvgIpc) is 2.90. The van der Waals surface area contributed by atoms with Crippen LogP contribution in [0.25, 0.3) is 11.1 Å². The minimum absolute atomic E-state index is 0.0493. The third kappa shape index (κ3) is 6.04. The molecule has 2 aliphatic heterocycles. The number of hydrogen-bond donors (Lipinski definition) is 1. The molecule has 1 N–H and O–H groups in total. The summed E-state index contributed by atoms with van der Waals surface area (Å²) in [7, 11) is 2.12. The number of aromatic nitrogens is 1. The van der Waals surface area contributed by atoms with Crippen LogP contribution in [0.2, 0.25) is 0 Å². The summed E-state index contributed by atoms with van der Waals surface area (Å²) in [5.74, 6) is 0.785. The van der Waals surface area contributed by atoms with Crippen molar-refractivity contribution in [2.45, 2.75) is 38.8 Å². The van der Waals surface area contributed by atoms with E-state index in [1.54, 1.807) is 23.2 Å². The number of ether oxygens (including phenoxy) is 2. The third-order valence-electron chi connectivity index (χ3n) is 7.27. The summed E-state index contributed by atoms with van der Waals surface area (Å²) in [6.07, 6.45) is 3.69. The van der Waals surface area contributed by atoms with E-state index < -0.39 is 0 Å². The van der Waals surface area contributed by atoms with Gasteiger partial charge in [-0.1, -0.05) is 19.1 Å². The molecule has 2 aromatic rings. The second-order valence-corrected chi connectivity index (χ2v) is 10.2. The summed E-state index contributed by atoms with van der Waals surface area (Å²) in [4.78, 5) is 22.3. The summed E-state index contributed by atoms with van der Waals surface area (Å²) < 4.78 is 11.9. The molecule has 0 spiro atoms. The van der Waals surface area contributed by atoms with E-state index in [1.807, 2.05) is 25.1 Å². The molecule has 1 fully saturated rings. The van der Waals surface area contributed by atoms with Crippen LogP contribution in [-0.4, -0.2) is 84.4 Å². The van der Waals surface area contributed by atoms with Gasteiger partial charge in [-0.25, -0.2) is 4.98 Å². The topological polar surface area (TPSA) is 98.9 Å². The summed E-state index contributed by atoms with van der Waals surface area (Å²) in [5, 5.41) is 19.0. The number of carbonyl (C=O) groups excluding carboxylic acids is 1. The number of aliphatic hydroxyl groups excluding tert-OH is 1. The van der Waals surface area contributed by atoms with Gasteiger partial charge < -0.3 is 24.4 Å². The summed E-state index contributed by atoms with van der Waals surface area (Å²) in [6, 6.07) is 10.8. The molecule has 1 aromatic heterocycles. The number of hydrogen-bond acceptors (Lipinski definition) is 7. The Balaban J connectivity index is 1.62. The third-order valence-corrected chi connectivity index (χ3v) is 7.27. The Labute approximate surface area is 213 Å². The quantitative estimate of drug-likeness (QED) is 0.634. The van der Waals surface area contributed by atoms with Gasteiger partial charge in [0.05, 0.1) is 24.3 Å². The van der Waals surface area contributed by atoms with E-state index in [9.17, 15) is 9.90 Å². The first-order chi connectivity index (χ1) is 17.4. The Kier molecular flexibility index (Phi) is 8.57. The molecule has 1 aromatic carbocycles. The van der Waals surface area contributed by atoms with Crippen molar-refractivity contribution in [3.05, 3.63) is 47.7 Å². The highest BCUT2D eigenvalue weighted by molar-refractivity contribution is 5.98. The van der Waals surface area contributed by atoms with Crippen molar-refractivity contribution in [1.82, 2.24) is 14.8 Å². The van der Waals surface area contributed by atoms with E-state index in [4.69, 9.17) is 14.7 Å². The first kappa shape index (κ1) is 26.1. The van der Waals surface area contributed by atoms with Crippen LogP contribution in [0.1, 0.15) is 42.6 Å². The largest absolute Gasteiger partial charge is 0.472 e. The number of pyridine rings is 1. The number of aliphatic hydroxyl groups is 1. The maximum absolute atomic E-state index is 13.6. The molecule has 3 heterocycles. The number of benzene rings is 1. The SMILES string of the molecule is C[C@@H]1CN([C@@H](C)CO)C(=O)c2cc(-c3ccc(C#N)cc3)cnc2O[C@@H]1CN(C)CC1CCOCC1. The Morgan fingerprint density at radius 3 is 2.61 bits per heavy atom.